The largest absolute Gasteiger partial charge is 0.261 e. The molecule has 0 aliphatic heterocycles. The molecule has 2 unspecified atom stereocenters. The maximum Gasteiger partial charge on any atom is 0.0454 e. The van der Waals surface area contributed by atoms with E-state index in [4.69, 9.17) is 11.6 Å². The smallest absolute Gasteiger partial charge is 0.0454 e. The molecule has 0 amide bonds. The molecule has 0 aliphatic carbocycles. The third-order valence-corrected chi connectivity index (χ3v) is 2.76. The Bertz CT molecular complexity index is 286. The van der Waals surface area contributed by atoms with E-state index in [1.54, 1.807) is 0 Å². The van der Waals surface area contributed by atoms with Gasteiger partial charge in [-0.05, 0) is 37.5 Å². The Morgan fingerprint density at radius 2 is 1.93 bits per heavy atom. The maximum atomic E-state index is 6.19. The zero-order chi connectivity index (χ0) is 10.7. The molecule has 0 saturated carbocycles. The van der Waals surface area contributed by atoms with Crippen molar-refractivity contribution in [2.24, 2.45) is 5.92 Å². The first-order chi connectivity index (χ1) is 6.52. The van der Waals surface area contributed by atoms with Crippen LogP contribution in [-0.2, 0) is 0 Å². The third-order valence-electron chi connectivity index (χ3n) is 2.49. The van der Waals surface area contributed by atoms with E-state index in [0.29, 0.717) is 11.8 Å². The van der Waals surface area contributed by atoms with Crippen LogP contribution in [0.5, 0.6) is 0 Å². The van der Waals surface area contributed by atoms with E-state index in [0.717, 1.165) is 5.69 Å². The summed E-state index contributed by atoms with van der Waals surface area (Å²) in [5, 5.41) is 0.129. The average Bonchev–Trinajstić information content (AvgIpc) is 2.02. The second-order valence-corrected chi connectivity index (χ2v) is 4.89. The highest BCUT2D eigenvalue weighted by Crippen LogP contribution is 2.29. The summed E-state index contributed by atoms with van der Waals surface area (Å²) in [5.41, 5.74) is 2.36. The molecule has 1 rings (SSSR count). The quantitative estimate of drug-likeness (QED) is 0.694. The van der Waals surface area contributed by atoms with E-state index < -0.39 is 0 Å². The number of hydrogen-bond donors (Lipinski definition) is 0. The summed E-state index contributed by atoms with van der Waals surface area (Å²) < 4.78 is 0. The summed E-state index contributed by atoms with van der Waals surface area (Å²) in [5.74, 6) is 0.869. The van der Waals surface area contributed by atoms with Crippen molar-refractivity contribution in [1.82, 2.24) is 4.98 Å². The maximum absolute atomic E-state index is 6.19. The second kappa shape index (κ2) is 4.79. The number of aryl methyl sites for hydroxylation is 1. The Labute approximate surface area is 91.5 Å². The number of rotatable bonds is 3. The van der Waals surface area contributed by atoms with Gasteiger partial charge in [-0.2, -0.15) is 0 Å². The van der Waals surface area contributed by atoms with Crippen LogP contribution in [0.1, 0.15) is 37.9 Å². The zero-order valence-corrected chi connectivity index (χ0v) is 10.0. The molecule has 0 aromatic carbocycles. The van der Waals surface area contributed by atoms with Crippen LogP contribution >= 0.6 is 11.6 Å². The molecule has 2 heteroatoms. The molecule has 0 fully saturated rings. The van der Waals surface area contributed by atoms with Gasteiger partial charge in [0.1, 0.15) is 0 Å². The summed E-state index contributed by atoms with van der Waals surface area (Å²) in [7, 11) is 0. The fourth-order valence-corrected chi connectivity index (χ4v) is 2.27. The highest BCUT2D eigenvalue weighted by Gasteiger charge is 2.22. The first-order valence-corrected chi connectivity index (χ1v) is 5.52. The van der Waals surface area contributed by atoms with Crippen molar-refractivity contribution >= 4 is 11.6 Å². The van der Waals surface area contributed by atoms with Gasteiger partial charge in [0.25, 0.3) is 0 Å². The summed E-state index contributed by atoms with van der Waals surface area (Å²) in [4.78, 5) is 4.40. The minimum atomic E-state index is 0.129. The van der Waals surface area contributed by atoms with E-state index >= 15 is 0 Å². The van der Waals surface area contributed by atoms with Crippen LogP contribution in [0.2, 0.25) is 0 Å². The van der Waals surface area contributed by atoms with Gasteiger partial charge in [0.05, 0.1) is 0 Å². The van der Waals surface area contributed by atoms with Gasteiger partial charge in [-0.25, -0.2) is 0 Å². The van der Waals surface area contributed by atoms with Gasteiger partial charge >= 0.3 is 0 Å². The van der Waals surface area contributed by atoms with Crippen molar-refractivity contribution in [3.05, 3.63) is 29.6 Å². The number of hydrogen-bond acceptors (Lipinski definition) is 1. The van der Waals surface area contributed by atoms with Gasteiger partial charge in [-0.3, -0.25) is 4.98 Å². The average molecular weight is 212 g/mol. The lowest BCUT2D eigenvalue weighted by atomic mass is 9.89. The van der Waals surface area contributed by atoms with Crippen LogP contribution in [0.4, 0.5) is 0 Å². The van der Waals surface area contributed by atoms with Crippen molar-refractivity contribution in [2.45, 2.75) is 39.0 Å². The van der Waals surface area contributed by atoms with Gasteiger partial charge in [-0.15, -0.1) is 11.6 Å². The van der Waals surface area contributed by atoms with Crippen LogP contribution in [0.3, 0.4) is 0 Å². The van der Waals surface area contributed by atoms with Crippen LogP contribution < -0.4 is 0 Å². The molecule has 0 N–H and O–H groups in total. The van der Waals surface area contributed by atoms with E-state index in [2.05, 4.69) is 31.8 Å². The predicted molar refractivity (Wildman–Crippen MR) is 61.9 cm³/mol. The fourth-order valence-electron chi connectivity index (χ4n) is 1.85. The first-order valence-electron chi connectivity index (χ1n) is 5.09. The molecule has 1 nitrogen and oxygen atoms in total. The summed E-state index contributed by atoms with van der Waals surface area (Å²) >= 11 is 6.19. The third kappa shape index (κ3) is 2.71. The highest BCUT2D eigenvalue weighted by molar-refractivity contribution is 6.20. The summed E-state index contributed by atoms with van der Waals surface area (Å²) in [6.07, 6.45) is 1.86. The number of halogens is 1. The van der Waals surface area contributed by atoms with E-state index in [1.807, 2.05) is 19.2 Å². The lowest BCUT2D eigenvalue weighted by Gasteiger charge is -2.22. The summed E-state index contributed by atoms with van der Waals surface area (Å²) in [6.45, 7) is 8.50. The van der Waals surface area contributed by atoms with Crippen LogP contribution in [0.15, 0.2) is 18.3 Å². The fraction of sp³-hybridized carbons (Fsp3) is 0.583. The molecular weight excluding hydrogens is 194 g/mol. The van der Waals surface area contributed by atoms with Gasteiger partial charge in [0.2, 0.25) is 0 Å². The van der Waals surface area contributed by atoms with Crippen molar-refractivity contribution in [3.63, 3.8) is 0 Å². The Hall–Kier alpha value is -0.560. The molecule has 1 aromatic rings. The normalized spacial score (nSPS) is 15.6. The van der Waals surface area contributed by atoms with Gasteiger partial charge in [-0.1, -0.05) is 13.8 Å². The van der Waals surface area contributed by atoms with Crippen LogP contribution in [0, 0.1) is 12.8 Å². The number of alkyl halides is 1. The van der Waals surface area contributed by atoms with Crippen molar-refractivity contribution in [3.8, 4) is 0 Å². The molecule has 0 spiro atoms. The molecule has 0 bridgehead atoms. The molecule has 78 valence electrons. The molecule has 1 heterocycles. The Balaban J connectivity index is 2.99. The molecule has 0 saturated heterocycles. The number of pyridine rings is 1. The summed E-state index contributed by atoms with van der Waals surface area (Å²) in [6, 6.07) is 4.14. The van der Waals surface area contributed by atoms with Crippen molar-refractivity contribution in [1.29, 1.82) is 0 Å². The molecule has 0 radical (unpaired) electrons. The van der Waals surface area contributed by atoms with E-state index in [9.17, 15) is 0 Å². The minimum absolute atomic E-state index is 0.129. The van der Waals surface area contributed by atoms with Gasteiger partial charge in [0, 0.05) is 23.2 Å². The Kier molecular flexibility index (Phi) is 3.94. The van der Waals surface area contributed by atoms with E-state index in [-0.39, 0.29) is 5.38 Å². The Morgan fingerprint density at radius 1 is 1.29 bits per heavy atom. The second-order valence-electron chi connectivity index (χ2n) is 4.21. The molecular formula is C12H18ClN. The molecule has 1 aromatic heterocycles. The highest BCUT2D eigenvalue weighted by atomic mass is 35.5. The van der Waals surface area contributed by atoms with Crippen molar-refractivity contribution in [2.75, 3.05) is 0 Å². The monoisotopic (exact) mass is 211 g/mol. The minimum Gasteiger partial charge on any atom is -0.261 e. The van der Waals surface area contributed by atoms with Crippen LogP contribution in [-0.4, -0.2) is 10.4 Å². The topological polar surface area (TPSA) is 12.9 Å². The number of aromatic nitrogens is 1. The lowest BCUT2D eigenvalue weighted by Crippen LogP contribution is -2.17. The Morgan fingerprint density at radius 3 is 2.36 bits per heavy atom. The predicted octanol–water partition coefficient (Wildman–Crippen LogP) is 3.76. The molecule has 2 atom stereocenters. The van der Waals surface area contributed by atoms with E-state index in [1.165, 1.54) is 5.56 Å². The lowest BCUT2D eigenvalue weighted by molar-refractivity contribution is 0.480. The zero-order valence-electron chi connectivity index (χ0n) is 9.29. The van der Waals surface area contributed by atoms with Gasteiger partial charge in [0.15, 0.2) is 0 Å². The van der Waals surface area contributed by atoms with Gasteiger partial charge < -0.3 is 0 Å². The molecule has 14 heavy (non-hydrogen) atoms. The standard InChI is InChI=1S/C12H18ClN/c1-8(2)12(10(4)13)11-7-9(3)5-6-14-11/h5-8,10,12H,1-4H3. The van der Waals surface area contributed by atoms with Crippen LogP contribution in [0.25, 0.3) is 0 Å². The molecule has 0 aliphatic rings. The SMILES string of the molecule is Cc1ccnc(C(C(C)C)C(C)Cl)c1. The first kappa shape index (κ1) is 11.5. The van der Waals surface area contributed by atoms with Crippen molar-refractivity contribution < 1.29 is 0 Å². The number of nitrogens with zero attached hydrogens (tertiary/aromatic N) is 1.